The van der Waals surface area contributed by atoms with E-state index in [0.717, 1.165) is 16.7 Å². The number of nitrogens with zero attached hydrogens (tertiary/aromatic N) is 2. The second kappa shape index (κ2) is 4.63. The number of nitrogens with one attached hydrogen (secondary N) is 2. The number of nitriles is 1. The third kappa shape index (κ3) is 2.24. The number of imidazole rings is 1. The molecule has 1 aromatic heterocycles. The highest BCUT2D eigenvalue weighted by Crippen LogP contribution is 2.25. The number of fused-ring (bicyclic) bond motifs is 1. The SMILES string of the molecule is N#Cc1ccc2nc(Nc3ccccc3Cl)[nH]c2c1. The molecule has 92 valence electrons. The number of anilines is 2. The van der Waals surface area contributed by atoms with Crippen LogP contribution in [0.5, 0.6) is 0 Å². The highest BCUT2D eigenvalue weighted by atomic mass is 35.5. The lowest BCUT2D eigenvalue weighted by Gasteiger charge is -2.03. The number of aromatic amines is 1. The Balaban J connectivity index is 1.98. The molecule has 3 aromatic rings. The summed E-state index contributed by atoms with van der Waals surface area (Å²) in [5, 5.41) is 12.6. The quantitative estimate of drug-likeness (QED) is 0.742. The van der Waals surface area contributed by atoms with E-state index in [0.29, 0.717) is 16.5 Å². The predicted molar refractivity (Wildman–Crippen MR) is 75.5 cm³/mol. The molecule has 0 spiro atoms. The fourth-order valence-corrected chi connectivity index (χ4v) is 2.01. The maximum Gasteiger partial charge on any atom is 0.205 e. The summed E-state index contributed by atoms with van der Waals surface area (Å²) in [5.41, 5.74) is 2.99. The Bertz CT molecular complexity index is 785. The molecular formula is C14H9ClN4. The van der Waals surface area contributed by atoms with Crippen LogP contribution in [0.15, 0.2) is 42.5 Å². The third-order valence-corrected chi connectivity index (χ3v) is 3.07. The largest absolute Gasteiger partial charge is 0.324 e. The Morgan fingerprint density at radius 1 is 1.21 bits per heavy atom. The number of halogens is 1. The van der Waals surface area contributed by atoms with Gasteiger partial charge in [0, 0.05) is 0 Å². The number of H-pyrrole nitrogens is 1. The maximum absolute atomic E-state index is 8.86. The van der Waals surface area contributed by atoms with E-state index in [1.54, 1.807) is 18.2 Å². The molecule has 0 fully saturated rings. The smallest absolute Gasteiger partial charge is 0.205 e. The van der Waals surface area contributed by atoms with Gasteiger partial charge in [0.2, 0.25) is 5.95 Å². The molecule has 0 saturated heterocycles. The Kier molecular flexibility index (Phi) is 2.82. The van der Waals surface area contributed by atoms with Gasteiger partial charge in [0.25, 0.3) is 0 Å². The lowest BCUT2D eigenvalue weighted by atomic mass is 10.2. The van der Waals surface area contributed by atoms with Crippen LogP contribution >= 0.6 is 11.6 Å². The van der Waals surface area contributed by atoms with Crippen molar-refractivity contribution in [1.82, 2.24) is 9.97 Å². The summed E-state index contributed by atoms with van der Waals surface area (Å²) in [7, 11) is 0. The molecule has 0 bridgehead atoms. The van der Waals surface area contributed by atoms with E-state index >= 15 is 0 Å². The zero-order valence-corrected chi connectivity index (χ0v) is 10.6. The molecule has 0 radical (unpaired) electrons. The van der Waals surface area contributed by atoms with E-state index in [1.807, 2.05) is 24.3 Å². The first-order valence-corrected chi connectivity index (χ1v) is 6.05. The van der Waals surface area contributed by atoms with Gasteiger partial charge in [-0.2, -0.15) is 5.26 Å². The third-order valence-electron chi connectivity index (χ3n) is 2.74. The minimum atomic E-state index is 0.596. The van der Waals surface area contributed by atoms with Crippen LogP contribution in [0.3, 0.4) is 0 Å². The van der Waals surface area contributed by atoms with Crippen LogP contribution in [0.25, 0.3) is 11.0 Å². The number of hydrogen-bond acceptors (Lipinski definition) is 3. The fraction of sp³-hybridized carbons (Fsp3) is 0. The van der Waals surface area contributed by atoms with Gasteiger partial charge < -0.3 is 10.3 Å². The summed E-state index contributed by atoms with van der Waals surface area (Å²) in [6.07, 6.45) is 0. The number of benzene rings is 2. The summed E-state index contributed by atoms with van der Waals surface area (Å²) in [6.45, 7) is 0. The highest BCUT2D eigenvalue weighted by molar-refractivity contribution is 6.33. The zero-order chi connectivity index (χ0) is 13.2. The van der Waals surface area contributed by atoms with Gasteiger partial charge >= 0.3 is 0 Å². The molecule has 0 unspecified atom stereocenters. The van der Waals surface area contributed by atoms with Gasteiger partial charge in [-0.3, -0.25) is 0 Å². The van der Waals surface area contributed by atoms with Gasteiger partial charge in [0.1, 0.15) is 0 Å². The molecule has 1 heterocycles. The Morgan fingerprint density at radius 2 is 2.05 bits per heavy atom. The van der Waals surface area contributed by atoms with Crippen molar-refractivity contribution in [2.24, 2.45) is 0 Å². The first kappa shape index (κ1) is 11.6. The van der Waals surface area contributed by atoms with Crippen LogP contribution in [-0.4, -0.2) is 9.97 Å². The molecule has 0 aliphatic heterocycles. The Hall–Kier alpha value is -2.51. The standard InChI is InChI=1S/C14H9ClN4/c15-10-3-1-2-4-11(10)17-14-18-12-6-5-9(8-16)7-13(12)19-14/h1-7H,(H2,17,18,19). The molecule has 0 atom stereocenters. The van der Waals surface area contributed by atoms with Crippen LogP contribution in [0.2, 0.25) is 5.02 Å². The van der Waals surface area contributed by atoms with E-state index in [1.165, 1.54) is 0 Å². The molecule has 0 saturated carbocycles. The van der Waals surface area contributed by atoms with E-state index in [-0.39, 0.29) is 0 Å². The first-order valence-electron chi connectivity index (χ1n) is 5.68. The molecule has 4 nitrogen and oxygen atoms in total. The summed E-state index contributed by atoms with van der Waals surface area (Å²) in [4.78, 5) is 7.50. The lowest BCUT2D eigenvalue weighted by molar-refractivity contribution is 1.31. The number of aromatic nitrogens is 2. The van der Waals surface area contributed by atoms with Crippen molar-refractivity contribution in [3.05, 3.63) is 53.1 Å². The minimum Gasteiger partial charge on any atom is -0.324 e. The van der Waals surface area contributed by atoms with E-state index in [9.17, 15) is 0 Å². The number of rotatable bonds is 2. The minimum absolute atomic E-state index is 0.596. The average molecular weight is 269 g/mol. The van der Waals surface area contributed by atoms with Gasteiger partial charge in [-0.15, -0.1) is 0 Å². The second-order valence-corrected chi connectivity index (χ2v) is 4.44. The van der Waals surface area contributed by atoms with Crippen molar-refractivity contribution in [2.45, 2.75) is 0 Å². The predicted octanol–water partition coefficient (Wildman–Crippen LogP) is 3.83. The van der Waals surface area contributed by atoms with Crippen LogP contribution in [0, 0.1) is 11.3 Å². The molecule has 2 aromatic carbocycles. The van der Waals surface area contributed by atoms with E-state index in [2.05, 4.69) is 21.4 Å². The van der Waals surface area contributed by atoms with Crippen molar-refractivity contribution in [3.63, 3.8) is 0 Å². The van der Waals surface area contributed by atoms with Crippen molar-refractivity contribution in [3.8, 4) is 6.07 Å². The topological polar surface area (TPSA) is 64.5 Å². The van der Waals surface area contributed by atoms with Crippen molar-refractivity contribution in [2.75, 3.05) is 5.32 Å². The summed E-state index contributed by atoms with van der Waals surface area (Å²) in [6, 6.07) is 14.8. The van der Waals surface area contributed by atoms with Crippen LogP contribution < -0.4 is 5.32 Å². The number of hydrogen-bond donors (Lipinski definition) is 2. The summed E-state index contributed by atoms with van der Waals surface area (Å²) in [5.74, 6) is 0.596. The molecule has 0 aliphatic carbocycles. The van der Waals surface area contributed by atoms with E-state index in [4.69, 9.17) is 16.9 Å². The van der Waals surface area contributed by atoms with Crippen molar-refractivity contribution >= 4 is 34.3 Å². The molecule has 2 N–H and O–H groups in total. The van der Waals surface area contributed by atoms with Gasteiger partial charge in [0.05, 0.1) is 33.4 Å². The van der Waals surface area contributed by atoms with Crippen molar-refractivity contribution in [1.29, 1.82) is 5.26 Å². The summed E-state index contributed by atoms with van der Waals surface area (Å²) < 4.78 is 0. The molecule has 0 amide bonds. The normalized spacial score (nSPS) is 10.3. The fourth-order valence-electron chi connectivity index (χ4n) is 1.83. The molecule has 19 heavy (non-hydrogen) atoms. The number of para-hydroxylation sites is 1. The van der Waals surface area contributed by atoms with Gasteiger partial charge in [0.15, 0.2) is 0 Å². The monoisotopic (exact) mass is 268 g/mol. The average Bonchev–Trinajstić information content (AvgIpc) is 2.82. The molecule has 3 rings (SSSR count). The lowest BCUT2D eigenvalue weighted by Crippen LogP contribution is -1.92. The molecule has 5 heteroatoms. The van der Waals surface area contributed by atoms with Crippen LogP contribution in [0.4, 0.5) is 11.6 Å². The summed E-state index contributed by atoms with van der Waals surface area (Å²) >= 11 is 6.07. The van der Waals surface area contributed by atoms with E-state index < -0.39 is 0 Å². The van der Waals surface area contributed by atoms with Crippen LogP contribution in [-0.2, 0) is 0 Å². The van der Waals surface area contributed by atoms with Crippen molar-refractivity contribution < 1.29 is 0 Å². The zero-order valence-electron chi connectivity index (χ0n) is 9.81. The van der Waals surface area contributed by atoms with Crippen LogP contribution in [0.1, 0.15) is 5.56 Å². The van der Waals surface area contributed by atoms with Gasteiger partial charge in [-0.25, -0.2) is 4.98 Å². The first-order chi connectivity index (χ1) is 9.26. The van der Waals surface area contributed by atoms with Gasteiger partial charge in [-0.05, 0) is 30.3 Å². The molecular weight excluding hydrogens is 260 g/mol. The Labute approximate surface area is 114 Å². The van der Waals surface area contributed by atoms with Gasteiger partial charge in [-0.1, -0.05) is 23.7 Å². The Morgan fingerprint density at radius 3 is 2.84 bits per heavy atom. The maximum atomic E-state index is 8.86. The highest BCUT2D eigenvalue weighted by Gasteiger charge is 2.05. The molecule has 0 aliphatic rings. The second-order valence-electron chi connectivity index (χ2n) is 4.03.